The Labute approximate surface area is 287 Å². The van der Waals surface area contributed by atoms with Gasteiger partial charge in [0.1, 0.15) is 28.5 Å². The van der Waals surface area contributed by atoms with E-state index in [-0.39, 0.29) is 36.4 Å². The van der Waals surface area contributed by atoms with Crippen molar-refractivity contribution < 1.29 is 33.0 Å². The zero-order valence-corrected chi connectivity index (χ0v) is 28.5. The molecule has 12 nitrogen and oxygen atoms in total. The molecule has 0 radical (unpaired) electrons. The Bertz CT molecular complexity index is 1890. The van der Waals surface area contributed by atoms with Gasteiger partial charge < -0.3 is 34.9 Å². The first-order chi connectivity index (χ1) is 23.6. The third kappa shape index (κ3) is 7.53. The van der Waals surface area contributed by atoms with Crippen LogP contribution < -0.4 is 20.1 Å². The molecule has 0 unspecified atom stereocenters. The number of benzene rings is 2. The molecule has 4 bridgehead atoms. The smallest absolute Gasteiger partial charge is 0.271 e. The Balaban J connectivity index is 1.25. The molecule has 2 aliphatic heterocycles. The van der Waals surface area contributed by atoms with Crippen molar-refractivity contribution >= 4 is 45.9 Å². The molecule has 0 saturated carbocycles. The second-order valence-electron chi connectivity index (χ2n) is 12.3. The summed E-state index contributed by atoms with van der Waals surface area (Å²) in [6.45, 7) is 5.38. The average molecular weight is 691 g/mol. The van der Waals surface area contributed by atoms with Crippen LogP contribution in [0.5, 0.6) is 11.5 Å². The van der Waals surface area contributed by atoms with Crippen molar-refractivity contribution in [2.45, 2.75) is 51.7 Å². The van der Waals surface area contributed by atoms with Crippen LogP contribution in [0.15, 0.2) is 42.5 Å². The highest BCUT2D eigenvalue weighted by molar-refractivity contribution is 7.13. The van der Waals surface area contributed by atoms with E-state index in [9.17, 15) is 23.6 Å². The predicted molar refractivity (Wildman–Crippen MR) is 182 cm³/mol. The predicted octanol–water partition coefficient (Wildman–Crippen LogP) is 4.22. The van der Waals surface area contributed by atoms with Gasteiger partial charge in [-0.05, 0) is 75.6 Å². The number of nitrogens with zero attached hydrogens (tertiary/aromatic N) is 3. The van der Waals surface area contributed by atoms with E-state index in [1.54, 1.807) is 35.2 Å². The molecular weight excluding hydrogens is 651 g/mol. The molecule has 2 aliphatic rings. The molecule has 1 saturated heterocycles. The van der Waals surface area contributed by atoms with Crippen LogP contribution in [0.3, 0.4) is 0 Å². The van der Waals surface area contributed by atoms with Crippen LogP contribution >= 0.6 is 11.3 Å². The van der Waals surface area contributed by atoms with Crippen LogP contribution in [-0.4, -0.2) is 95.4 Å². The number of hydrogen-bond acceptors (Lipinski definition) is 8. The van der Waals surface area contributed by atoms with Crippen LogP contribution in [0.25, 0.3) is 10.9 Å². The van der Waals surface area contributed by atoms with Gasteiger partial charge in [-0.15, -0.1) is 11.3 Å². The minimum Gasteiger partial charge on any atom is -0.493 e. The molecule has 258 valence electrons. The van der Waals surface area contributed by atoms with Crippen molar-refractivity contribution in [3.63, 3.8) is 0 Å². The molecule has 2 atom stereocenters. The summed E-state index contributed by atoms with van der Waals surface area (Å²) in [5.41, 5.74) is 1.86. The van der Waals surface area contributed by atoms with E-state index in [2.05, 4.69) is 20.6 Å². The van der Waals surface area contributed by atoms with Gasteiger partial charge in [-0.2, -0.15) is 0 Å². The standard InChI is InChI=1S/C35H39FN6O6S/c1-20-31(49-21(2)39-20)35(46)41-13-5-4-11-38-33(44)28-18-25(19-42(28)34(45)27-16-23-15-24(36)8-9-26(23)40-27)48-30-17-22(7-10-29(30)47-3)32(43)37-12-6-14-41/h7-10,15-17,25,28,40H,4-6,11-14,18-19H2,1-3H3,(H,37,43)(H,38,44)/t25-,28-/m0/s1. The molecule has 2 aromatic heterocycles. The summed E-state index contributed by atoms with van der Waals surface area (Å²) < 4.78 is 25.7. The fourth-order valence-electron chi connectivity index (χ4n) is 6.34. The fourth-order valence-corrected chi connectivity index (χ4v) is 7.23. The molecule has 1 fully saturated rings. The number of aromatic nitrogens is 2. The molecular formula is C35H39FN6O6S. The Hall–Kier alpha value is -4.98. The maximum Gasteiger partial charge on any atom is 0.271 e. The van der Waals surface area contributed by atoms with E-state index in [0.29, 0.717) is 84.0 Å². The monoisotopic (exact) mass is 690 g/mol. The van der Waals surface area contributed by atoms with E-state index >= 15 is 0 Å². The van der Waals surface area contributed by atoms with Gasteiger partial charge >= 0.3 is 0 Å². The van der Waals surface area contributed by atoms with Crippen molar-refractivity contribution in [1.82, 2.24) is 30.4 Å². The summed E-state index contributed by atoms with van der Waals surface area (Å²) in [7, 11) is 1.49. The van der Waals surface area contributed by atoms with Gasteiger partial charge in [-0.3, -0.25) is 19.2 Å². The number of ether oxygens (including phenoxy) is 2. The SMILES string of the molecule is COc1ccc2cc1O[C@H]1C[C@@H](C(=O)NCCCCN(C(=O)c3sc(C)nc3C)CCCNC2=O)N(C(=O)c2cc3cc(F)ccc3[nH]2)C1. The number of hydrogen-bond donors (Lipinski definition) is 3. The van der Waals surface area contributed by atoms with Gasteiger partial charge in [0.25, 0.3) is 17.7 Å². The first kappa shape index (κ1) is 33.9. The fraction of sp³-hybridized carbons (Fsp3) is 0.400. The van der Waals surface area contributed by atoms with Crippen molar-refractivity contribution in [2.75, 3.05) is 39.8 Å². The largest absolute Gasteiger partial charge is 0.493 e. The van der Waals surface area contributed by atoms with Crippen molar-refractivity contribution in [2.24, 2.45) is 0 Å². The normalized spacial score (nSPS) is 19.3. The number of H-pyrrole nitrogens is 1. The summed E-state index contributed by atoms with van der Waals surface area (Å²) in [5.74, 6) is -0.890. The second kappa shape index (κ2) is 14.6. The molecule has 3 N–H and O–H groups in total. The molecule has 4 amide bonds. The molecule has 49 heavy (non-hydrogen) atoms. The summed E-state index contributed by atoms with van der Waals surface area (Å²) in [5, 5.41) is 7.27. The zero-order chi connectivity index (χ0) is 34.7. The average Bonchev–Trinajstić information content (AvgIpc) is 3.80. The highest BCUT2D eigenvalue weighted by Crippen LogP contribution is 2.33. The summed E-state index contributed by atoms with van der Waals surface area (Å²) in [4.78, 5) is 65.5. The molecule has 0 aliphatic carbocycles. The minimum atomic E-state index is -0.851. The first-order valence-electron chi connectivity index (χ1n) is 16.3. The molecule has 14 heteroatoms. The van der Waals surface area contributed by atoms with Crippen molar-refractivity contribution in [1.29, 1.82) is 0 Å². The number of carbonyl (C=O) groups is 4. The van der Waals surface area contributed by atoms with E-state index in [1.807, 2.05) is 13.8 Å². The van der Waals surface area contributed by atoms with Gasteiger partial charge in [0, 0.05) is 49.1 Å². The number of halogens is 1. The van der Waals surface area contributed by atoms with Crippen molar-refractivity contribution in [3.8, 4) is 11.5 Å². The first-order valence-corrected chi connectivity index (χ1v) is 17.2. The van der Waals surface area contributed by atoms with Crippen LogP contribution in [0.1, 0.15) is 66.9 Å². The molecule has 6 rings (SSSR count). The Morgan fingerprint density at radius 1 is 1.00 bits per heavy atom. The highest BCUT2D eigenvalue weighted by atomic mass is 32.1. The summed E-state index contributed by atoms with van der Waals surface area (Å²) in [6, 6.07) is 9.78. The quantitative estimate of drug-likeness (QED) is 0.292. The Kier molecular flexibility index (Phi) is 10.1. The third-order valence-electron chi connectivity index (χ3n) is 8.79. The number of aromatic amines is 1. The van der Waals surface area contributed by atoms with E-state index in [0.717, 1.165) is 5.01 Å². The van der Waals surface area contributed by atoms with Crippen LogP contribution in [-0.2, 0) is 4.79 Å². The molecule has 2 aromatic carbocycles. The lowest BCUT2D eigenvalue weighted by molar-refractivity contribution is -0.124. The number of amides is 4. The lowest BCUT2D eigenvalue weighted by Gasteiger charge is -2.24. The Morgan fingerprint density at radius 2 is 1.80 bits per heavy atom. The number of nitrogens with one attached hydrogen (secondary N) is 3. The van der Waals surface area contributed by atoms with Gasteiger partial charge in [0.2, 0.25) is 5.91 Å². The number of rotatable bonds is 3. The second-order valence-corrected chi connectivity index (χ2v) is 13.5. The number of thiazole rings is 1. The van der Waals surface area contributed by atoms with Crippen molar-refractivity contribution in [3.05, 3.63) is 75.1 Å². The van der Waals surface area contributed by atoms with Gasteiger partial charge in [-0.25, -0.2) is 9.37 Å². The summed E-state index contributed by atoms with van der Waals surface area (Å²) in [6.07, 6.45) is 1.38. The summed E-state index contributed by atoms with van der Waals surface area (Å²) >= 11 is 1.36. The lowest BCUT2D eigenvalue weighted by atomic mass is 10.1. The van der Waals surface area contributed by atoms with Gasteiger partial charge in [0.05, 0.1) is 24.4 Å². The van der Waals surface area contributed by atoms with Gasteiger partial charge in [-0.1, -0.05) is 0 Å². The maximum absolute atomic E-state index is 13.9. The van der Waals surface area contributed by atoms with E-state index in [4.69, 9.17) is 9.47 Å². The third-order valence-corrected chi connectivity index (χ3v) is 9.85. The number of aryl methyl sites for hydroxylation is 2. The highest BCUT2D eigenvalue weighted by Gasteiger charge is 2.42. The number of carbonyl (C=O) groups excluding carboxylic acids is 4. The van der Waals surface area contributed by atoms with Gasteiger partial charge in [0.15, 0.2) is 11.5 Å². The van der Waals surface area contributed by atoms with Crippen LogP contribution in [0.2, 0.25) is 0 Å². The lowest BCUT2D eigenvalue weighted by Crippen LogP contribution is -2.46. The minimum absolute atomic E-state index is 0.0910. The molecule has 4 aromatic rings. The molecule has 0 spiro atoms. The number of likely N-dealkylation sites (tertiary alicyclic amines) is 1. The number of fused-ring (bicyclic) bond motifs is 5. The number of methoxy groups -OCH3 is 1. The van der Waals surface area contributed by atoms with Crippen LogP contribution in [0.4, 0.5) is 4.39 Å². The van der Waals surface area contributed by atoms with E-state index in [1.165, 1.54) is 35.5 Å². The van der Waals surface area contributed by atoms with Crippen LogP contribution in [0, 0.1) is 19.7 Å². The zero-order valence-electron chi connectivity index (χ0n) is 27.6. The topological polar surface area (TPSA) is 146 Å². The maximum atomic E-state index is 13.9. The van der Waals surface area contributed by atoms with E-state index < -0.39 is 23.9 Å². The Morgan fingerprint density at radius 3 is 2.57 bits per heavy atom. The molecule has 4 heterocycles.